The molecule has 2 aromatic rings. The Morgan fingerprint density at radius 3 is 1.15 bits per heavy atom. The van der Waals surface area contributed by atoms with Crippen LogP contribution in [0, 0.1) is 143 Å². The van der Waals surface area contributed by atoms with E-state index in [1.807, 2.05) is 0 Å². The Bertz CT molecular complexity index is 2130. The van der Waals surface area contributed by atoms with Crippen LogP contribution in [0.3, 0.4) is 0 Å². The molecule has 52 heavy (non-hydrogen) atoms. The van der Waals surface area contributed by atoms with E-state index < -0.39 is 0 Å². The van der Waals surface area contributed by atoms with Crippen molar-refractivity contribution in [2.45, 2.75) is 105 Å². The summed E-state index contributed by atoms with van der Waals surface area (Å²) in [5.41, 5.74) is 6.61. The summed E-state index contributed by atoms with van der Waals surface area (Å²) >= 11 is 0. The molecule has 4 aliphatic carbocycles. The third-order valence-electron chi connectivity index (χ3n) is 8.83. The molecule has 256 valence electrons. The van der Waals surface area contributed by atoms with E-state index in [1.54, 1.807) is 43.0 Å². The van der Waals surface area contributed by atoms with Gasteiger partial charge in [0.05, 0.1) is 0 Å². The Balaban J connectivity index is 0.000000342. The van der Waals surface area contributed by atoms with Crippen molar-refractivity contribution in [2.75, 3.05) is 0 Å². The quantitative estimate of drug-likeness (QED) is 0.245. The van der Waals surface area contributed by atoms with Gasteiger partial charge in [0.1, 0.15) is 0 Å². The molecular formula is C52H48. The summed E-state index contributed by atoms with van der Waals surface area (Å²) in [6, 6.07) is 18.1. The second-order valence-electron chi connectivity index (χ2n) is 11.8. The molecule has 0 radical (unpaired) electrons. The lowest BCUT2D eigenvalue weighted by Gasteiger charge is -2.25. The van der Waals surface area contributed by atoms with Crippen molar-refractivity contribution in [3.63, 3.8) is 0 Å². The number of fused-ring (bicyclic) bond motifs is 6. The molecule has 0 heteroatoms. The lowest BCUT2D eigenvalue weighted by atomic mass is 9.80. The molecule has 6 rings (SSSR count). The average molecular weight is 673 g/mol. The highest BCUT2D eigenvalue weighted by Gasteiger charge is 2.35. The van der Waals surface area contributed by atoms with Crippen molar-refractivity contribution >= 4 is 0 Å². The highest BCUT2D eigenvalue weighted by atomic mass is 14.4. The number of hydrogen-bond donors (Lipinski definition) is 0. The monoisotopic (exact) mass is 672 g/mol. The zero-order chi connectivity index (χ0) is 35.5. The van der Waals surface area contributed by atoms with E-state index in [9.17, 15) is 0 Å². The van der Waals surface area contributed by atoms with Gasteiger partial charge in [-0.25, -0.2) is 0 Å². The number of terminal acetylenes is 1. The predicted octanol–water partition coefficient (Wildman–Crippen LogP) is 9.61. The fraction of sp³-hybridized carbons (Fsp3) is 0.346. The van der Waals surface area contributed by atoms with Crippen LogP contribution in [0.25, 0.3) is 0 Å². The second kappa shape index (κ2) is 27.4. The maximum atomic E-state index is 4.86. The minimum Gasteiger partial charge on any atom is -0.106 e. The zero-order valence-electron chi connectivity index (χ0n) is 29.4. The van der Waals surface area contributed by atoms with E-state index >= 15 is 0 Å². The molecule has 0 bridgehead atoms. The standard InChI is InChI=1S/C13H16.C13H4.C12H14.C12H6.2CH4/c1-3-7-12-10(5-1)9-11-6-2-4-8-13(11)12;1-3-5-7-9-11-13-12-10-8-6-4-2;1-2-6-11-9(4-1)8-10-5-3-7-12(10)11;1-3-5-7-9-11-12-10-8-6-4-2;;/h1,3,5,7,11,13H,2,4,6,8-9H2;1H,2H3;1-2,4,6,10,12H,3,5,7-8H2;1-2H3;2*1H4. The van der Waals surface area contributed by atoms with E-state index in [0.29, 0.717) is 0 Å². The van der Waals surface area contributed by atoms with E-state index in [1.165, 1.54) is 57.8 Å². The van der Waals surface area contributed by atoms with Gasteiger partial charge in [-0.05, 0) is 212 Å². The van der Waals surface area contributed by atoms with Gasteiger partial charge in [-0.1, -0.05) is 100 Å². The summed E-state index contributed by atoms with van der Waals surface area (Å²) in [4.78, 5) is 0. The minimum atomic E-state index is 0. The Morgan fingerprint density at radius 1 is 0.423 bits per heavy atom. The SMILES string of the molecule is C.C.C#CC#CC#CC#CC#CC#CC.CC#CC#CC#CC#CC#CC.c1ccc2c(c1)CC1CCCC21.c1ccc2c(c1)CC1CCCCC21. The Labute approximate surface area is 317 Å². The number of benzene rings is 2. The third-order valence-corrected chi connectivity index (χ3v) is 8.83. The third kappa shape index (κ3) is 15.4. The van der Waals surface area contributed by atoms with Crippen LogP contribution < -0.4 is 0 Å². The summed E-state index contributed by atoms with van der Waals surface area (Å²) in [6.07, 6.45) is 17.8. The second-order valence-corrected chi connectivity index (χ2v) is 11.8. The molecule has 0 amide bonds. The average Bonchev–Trinajstić information content (AvgIpc) is 3.87. The first-order chi connectivity index (χ1) is 24.7. The molecule has 0 nitrogen and oxygen atoms in total. The van der Waals surface area contributed by atoms with Crippen LogP contribution in [0.4, 0.5) is 0 Å². The molecule has 2 saturated carbocycles. The van der Waals surface area contributed by atoms with Gasteiger partial charge in [-0.2, -0.15) is 0 Å². The molecule has 0 spiro atoms. The van der Waals surface area contributed by atoms with E-state index in [0.717, 1.165) is 23.7 Å². The molecule has 0 heterocycles. The number of rotatable bonds is 0. The summed E-state index contributed by atoms with van der Waals surface area (Å²) < 4.78 is 0. The van der Waals surface area contributed by atoms with Gasteiger partial charge in [0.15, 0.2) is 0 Å². The molecule has 4 unspecified atom stereocenters. The van der Waals surface area contributed by atoms with Gasteiger partial charge in [0.2, 0.25) is 0 Å². The predicted molar refractivity (Wildman–Crippen MR) is 222 cm³/mol. The first-order valence-electron chi connectivity index (χ1n) is 17.1. The van der Waals surface area contributed by atoms with Crippen molar-refractivity contribution in [3.05, 3.63) is 70.8 Å². The van der Waals surface area contributed by atoms with Gasteiger partial charge in [-0.3, -0.25) is 0 Å². The lowest BCUT2D eigenvalue weighted by Crippen LogP contribution is -2.12. The van der Waals surface area contributed by atoms with Crippen LogP contribution in [-0.4, -0.2) is 0 Å². The lowest BCUT2D eigenvalue weighted by molar-refractivity contribution is 0.330. The van der Waals surface area contributed by atoms with Crippen LogP contribution in [0.2, 0.25) is 0 Å². The maximum absolute atomic E-state index is 4.86. The maximum Gasteiger partial charge on any atom is -0.00000000397 e. The Morgan fingerprint density at radius 2 is 0.750 bits per heavy atom. The molecule has 4 atom stereocenters. The van der Waals surface area contributed by atoms with E-state index in [-0.39, 0.29) is 14.9 Å². The fourth-order valence-corrected chi connectivity index (χ4v) is 6.91. The van der Waals surface area contributed by atoms with Crippen LogP contribution in [0.5, 0.6) is 0 Å². The van der Waals surface area contributed by atoms with Crippen LogP contribution in [0.1, 0.15) is 115 Å². The van der Waals surface area contributed by atoms with Crippen molar-refractivity contribution in [1.29, 1.82) is 0 Å². The van der Waals surface area contributed by atoms with E-state index in [4.69, 9.17) is 6.42 Å². The molecule has 2 fully saturated rings. The van der Waals surface area contributed by atoms with Crippen LogP contribution >= 0.6 is 0 Å². The molecular weight excluding hydrogens is 625 g/mol. The summed E-state index contributed by atoms with van der Waals surface area (Å²) in [7, 11) is 0. The Hall–Kier alpha value is -6.40. The van der Waals surface area contributed by atoms with Gasteiger partial charge >= 0.3 is 0 Å². The largest absolute Gasteiger partial charge is 0.106 e. The van der Waals surface area contributed by atoms with Gasteiger partial charge in [-0.15, -0.1) is 6.42 Å². The molecule has 0 aromatic heterocycles. The number of hydrogen-bond acceptors (Lipinski definition) is 0. The Kier molecular flexibility index (Phi) is 23.0. The summed E-state index contributed by atoms with van der Waals surface area (Å²) in [5, 5.41) is 0. The normalized spacial score (nSPS) is 16.9. The molecule has 0 saturated heterocycles. The van der Waals surface area contributed by atoms with Crippen molar-refractivity contribution in [3.8, 4) is 131 Å². The summed E-state index contributed by atoms with van der Waals surface area (Å²) in [6.45, 7) is 5.15. The highest BCUT2D eigenvalue weighted by molar-refractivity contribution is 5.44. The molecule has 0 N–H and O–H groups in total. The zero-order valence-corrected chi connectivity index (χ0v) is 29.4. The molecule has 2 aromatic carbocycles. The molecule has 0 aliphatic heterocycles. The van der Waals surface area contributed by atoms with Crippen molar-refractivity contribution < 1.29 is 0 Å². The van der Waals surface area contributed by atoms with Crippen LogP contribution in [-0.2, 0) is 12.8 Å². The van der Waals surface area contributed by atoms with Gasteiger partial charge in [0.25, 0.3) is 0 Å². The van der Waals surface area contributed by atoms with Crippen molar-refractivity contribution in [2.24, 2.45) is 11.8 Å². The molecule has 4 aliphatic rings. The van der Waals surface area contributed by atoms with E-state index in [2.05, 4.69) is 173 Å². The van der Waals surface area contributed by atoms with Crippen LogP contribution in [0.15, 0.2) is 48.5 Å². The first kappa shape index (κ1) is 43.6. The van der Waals surface area contributed by atoms with Gasteiger partial charge in [0, 0.05) is 0 Å². The topological polar surface area (TPSA) is 0 Å². The van der Waals surface area contributed by atoms with Crippen molar-refractivity contribution in [1.82, 2.24) is 0 Å². The highest BCUT2D eigenvalue weighted by Crippen LogP contribution is 2.48. The fourth-order valence-electron chi connectivity index (χ4n) is 6.91. The van der Waals surface area contributed by atoms with Gasteiger partial charge < -0.3 is 0 Å². The smallest absolute Gasteiger partial charge is 0.00000000397 e. The first-order valence-corrected chi connectivity index (χ1v) is 17.1. The summed E-state index contributed by atoms with van der Waals surface area (Å²) in [5.74, 6) is 56.3. The minimum absolute atomic E-state index is 0.